The molecule has 0 unspecified atom stereocenters. The summed E-state index contributed by atoms with van der Waals surface area (Å²) >= 11 is 5.87. The summed E-state index contributed by atoms with van der Waals surface area (Å²) in [6, 6.07) is 15.0. The lowest BCUT2D eigenvalue weighted by Crippen LogP contribution is -2.51. The van der Waals surface area contributed by atoms with E-state index in [9.17, 15) is 9.59 Å². The van der Waals surface area contributed by atoms with Crippen LogP contribution in [0.2, 0.25) is 5.02 Å². The van der Waals surface area contributed by atoms with Crippen molar-refractivity contribution in [2.75, 3.05) is 31.1 Å². The highest BCUT2D eigenvalue weighted by Crippen LogP contribution is 2.18. The fraction of sp³-hybridized carbons (Fsp3) is 0.300. The molecular formula is C20H22ClN3O2. The maximum Gasteiger partial charge on any atom is 0.317 e. The van der Waals surface area contributed by atoms with Gasteiger partial charge in [0, 0.05) is 49.0 Å². The molecule has 1 heterocycles. The van der Waals surface area contributed by atoms with E-state index in [1.54, 1.807) is 6.92 Å². The van der Waals surface area contributed by atoms with Gasteiger partial charge in [-0.3, -0.25) is 4.79 Å². The Bertz CT molecular complexity index is 767. The van der Waals surface area contributed by atoms with Crippen molar-refractivity contribution >= 4 is 29.1 Å². The largest absolute Gasteiger partial charge is 0.368 e. The molecule has 0 aliphatic carbocycles. The standard InChI is InChI=1S/C20H22ClN3O2/c1-15(25)17-4-8-19(9-5-17)23-10-12-24(13-11-23)20(26)22-14-16-2-6-18(21)7-3-16/h2-9H,10-14H2,1H3,(H,22,26). The van der Waals surface area contributed by atoms with E-state index >= 15 is 0 Å². The lowest BCUT2D eigenvalue weighted by molar-refractivity contribution is 0.101. The molecule has 1 fully saturated rings. The number of nitrogens with one attached hydrogen (secondary N) is 1. The van der Waals surface area contributed by atoms with Crippen molar-refractivity contribution in [2.24, 2.45) is 0 Å². The summed E-state index contributed by atoms with van der Waals surface area (Å²) in [5.41, 5.74) is 2.82. The smallest absolute Gasteiger partial charge is 0.317 e. The molecule has 1 aliphatic rings. The van der Waals surface area contributed by atoms with Crippen LogP contribution < -0.4 is 10.2 Å². The number of ketones is 1. The third-order valence-electron chi connectivity index (χ3n) is 4.56. The molecule has 3 rings (SSSR count). The quantitative estimate of drug-likeness (QED) is 0.836. The minimum Gasteiger partial charge on any atom is -0.368 e. The van der Waals surface area contributed by atoms with E-state index < -0.39 is 0 Å². The minimum atomic E-state index is -0.0495. The van der Waals surface area contributed by atoms with Gasteiger partial charge in [0.05, 0.1) is 0 Å². The van der Waals surface area contributed by atoms with Gasteiger partial charge in [0.25, 0.3) is 0 Å². The van der Waals surface area contributed by atoms with E-state index in [1.807, 2.05) is 53.4 Å². The Balaban J connectivity index is 1.48. The first-order valence-corrected chi connectivity index (χ1v) is 9.04. The third-order valence-corrected chi connectivity index (χ3v) is 4.81. The van der Waals surface area contributed by atoms with Crippen molar-refractivity contribution in [1.29, 1.82) is 0 Å². The number of urea groups is 1. The molecule has 136 valence electrons. The maximum atomic E-state index is 12.3. The van der Waals surface area contributed by atoms with Crippen LogP contribution in [0.25, 0.3) is 0 Å². The summed E-state index contributed by atoms with van der Waals surface area (Å²) in [6.45, 7) is 4.93. The lowest BCUT2D eigenvalue weighted by atomic mass is 10.1. The average molecular weight is 372 g/mol. The van der Waals surface area contributed by atoms with E-state index in [-0.39, 0.29) is 11.8 Å². The Morgan fingerprint density at radius 1 is 0.962 bits per heavy atom. The van der Waals surface area contributed by atoms with E-state index in [0.717, 1.165) is 24.3 Å². The first-order chi connectivity index (χ1) is 12.5. The first-order valence-electron chi connectivity index (χ1n) is 8.66. The number of halogens is 1. The zero-order chi connectivity index (χ0) is 18.5. The van der Waals surface area contributed by atoms with Crippen LogP contribution in [-0.2, 0) is 6.54 Å². The number of piperazine rings is 1. The molecule has 0 atom stereocenters. The molecule has 26 heavy (non-hydrogen) atoms. The molecule has 2 aromatic carbocycles. The summed E-state index contributed by atoms with van der Waals surface area (Å²) in [7, 11) is 0. The monoisotopic (exact) mass is 371 g/mol. The zero-order valence-corrected chi connectivity index (χ0v) is 15.5. The van der Waals surface area contributed by atoms with Crippen molar-refractivity contribution in [3.63, 3.8) is 0 Å². The highest BCUT2D eigenvalue weighted by Gasteiger charge is 2.21. The number of hydrogen-bond acceptors (Lipinski definition) is 3. The van der Waals surface area contributed by atoms with Crippen LogP contribution in [-0.4, -0.2) is 42.9 Å². The van der Waals surface area contributed by atoms with E-state index in [1.165, 1.54) is 0 Å². The molecule has 6 heteroatoms. The van der Waals surface area contributed by atoms with Gasteiger partial charge >= 0.3 is 6.03 Å². The van der Waals surface area contributed by atoms with Gasteiger partial charge in [0.2, 0.25) is 0 Å². The van der Waals surface area contributed by atoms with Crippen LogP contribution in [0.1, 0.15) is 22.8 Å². The van der Waals surface area contributed by atoms with Gasteiger partial charge in [-0.05, 0) is 48.9 Å². The summed E-state index contributed by atoms with van der Waals surface area (Å²) in [6.07, 6.45) is 0. The Morgan fingerprint density at radius 2 is 1.58 bits per heavy atom. The fourth-order valence-corrected chi connectivity index (χ4v) is 3.09. The predicted octanol–water partition coefficient (Wildman–Crippen LogP) is 3.57. The van der Waals surface area contributed by atoms with Crippen molar-refractivity contribution in [3.8, 4) is 0 Å². The van der Waals surface area contributed by atoms with Gasteiger partial charge < -0.3 is 15.1 Å². The Labute approximate surface area is 158 Å². The molecule has 1 N–H and O–H groups in total. The molecule has 5 nitrogen and oxygen atoms in total. The lowest BCUT2D eigenvalue weighted by Gasteiger charge is -2.36. The summed E-state index contributed by atoms with van der Waals surface area (Å²) in [4.78, 5) is 27.8. The van der Waals surface area contributed by atoms with E-state index in [2.05, 4.69) is 10.2 Å². The second-order valence-electron chi connectivity index (χ2n) is 6.36. The number of carbonyl (C=O) groups excluding carboxylic acids is 2. The van der Waals surface area contributed by atoms with Gasteiger partial charge in [-0.25, -0.2) is 4.79 Å². The molecular weight excluding hydrogens is 350 g/mol. The van der Waals surface area contributed by atoms with Gasteiger partial charge in [0.1, 0.15) is 0 Å². The fourth-order valence-electron chi connectivity index (χ4n) is 2.97. The van der Waals surface area contributed by atoms with Gasteiger partial charge in [-0.15, -0.1) is 0 Å². The van der Waals surface area contributed by atoms with E-state index in [0.29, 0.717) is 30.2 Å². The van der Waals surface area contributed by atoms with Crippen molar-refractivity contribution in [3.05, 3.63) is 64.7 Å². The van der Waals surface area contributed by atoms with Crippen LogP contribution in [0.5, 0.6) is 0 Å². The number of Topliss-reactive ketones (excluding diaryl/α,β-unsaturated/α-hetero) is 1. The molecule has 0 bridgehead atoms. The molecule has 0 aromatic heterocycles. The molecule has 1 saturated heterocycles. The maximum absolute atomic E-state index is 12.3. The Kier molecular flexibility index (Phi) is 5.78. The van der Waals surface area contributed by atoms with Crippen LogP contribution in [0.4, 0.5) is 10.5 Å². The number of nitrogens with zero attached hydrogens (tertiary/aromatic N) is 2. The number of anilines is 1. The van der Waals surface area contributed by atoms with Crippen LogP contribution in [0.3, 0.4) is 0 Å². The number of carbonyl (C=O) groups is 2. The predicted molar refractivity (Wildman–Crippen MR) is 104 cm³/mol. The second-order valence-corrected chi connectivity index (χ2v) is 6.80. The molecule has 2 amide bonds. The zero-order valence-electron chi connectivity index (χ0n) is 14.7. The molecule has 0 spiro atoms. The number of hydrogen-bond donors (Lipinski definition) is 1. The number of rotatable bonds is 4. The van der Waals surface area contributed by atoms with Crippen LogP contribution in [0, 0.1) is 0 Å². The van der Waals surface area contributed by atoms with Crippen molar-refractivity contribution in [2.45, 2.75) is 13.5 Å². The minimum absolute atomic E-state index is 0.0495. The summed E-state index contributed by atoms with van der Waals surface area (Å²) < 4.78 is 0. The highest BCUT2D eigenvalue weighted by atomic mass is 35.5. The highest BCUT2D eigenvalue weighted by molar-refractivity contribution is 6.30. The Morgan fingerprint density at radius 3 is 2.15 bits per heavy atom. The average Bonchev–Trinajstić information content (AvgIpc) is 2.67. The summed E-state index contributed by atoms with van der Waals surface area (Å²) in [5, 5.41) is 3.64. The Hall–Kier alpha value is -2.53. The molecule has 0 radical (unpaired) electrons. The molecule has 1 aliphatic heterocycles. The SMILES string of the molecule is CC(=O)c1ccc(N2CCN(C(=O)NCc3ccc(Cl)cc3)CC2)cc1. The van der Waals surface area contributed by atoms with E-state index in [4.69, 9.17) is 11.6 Å². The topological polar surface area (TPSA) is 52.7 Å². The van der Waals surface area contributed by atoms with Gasteiger partial charge in [-0.1, -0.05) is 23.7 Å². The molecule has 0 saturated carbocycles. The van der Waals surface area contributed by atoms with Crippen molar-refractivity contribution in [1.82, 2.24) is 10.2 Å². The normalized spacial score (nSPS) is 14.2. The van der Waals surface area contributed by atoms with Crippen LogP contribution in [0.15, 0.2) is 48.5 Å². The second kappa shape index (κ2) is 8.23. The van der Waals surface area contributed by atoms with Gasteiger partial charge in [-0.2, -0.15) is 0 Å². The molecule has 2 aromatic rings. The van der Waals surface area contributed by atoms with Crippen LogP contribution >= 0.6 is 11.6 Å². The summed E-state index contributed by atoms with van der Waals surface area (Å²) in [5.74, 6) is 0.0683. The first kappa shape index (κ1) is 18.3. The third kappa shape index (κ3) is 4.55. The number of benzene rings is 2. The number of amides is 2. The van der Waals surface area contributed by atoms with Crippen molar-refractivity contribution < 1.29 is 9.59 Å². The van der Waals surface area contributed by atoms with Gasteiger partial charge in [0.15, 0.2) is 5.78 Å².